The Hall–Kier alpha value is -0.940. The molecule has 21 heavy (non-hydrogen) atoms. The van der Waals surface area contributed by atoms with Crippen LogP contribution in [0.1, 0.15) is 24.5 Å². The highest BCUT2D eigenvalue weighted by Gasteiger charge is 1.96. The van der Waals surface area contributed by atoms with Gasteiger partial charge in [0.1, 0.15) is 0 Å². The molecule has 0 aliphatic rings. The molecule has 0 atom stereocenters. The van der Waals surface area contributed by atoms with Gasteiger partial charge in [-0.05, 0) is 37.1 Å². The topological polar surface area (TPSA) is 39.7 Å². The van der Waals surface area contributed by atoms with Crippen molar-refractivity contribution in [2.24, 2.45) is 0 Å². The Bertz CT molecular complexity index is 340. The van der Waals surface area contributed by atoms with Crippen molar-refractivity contribution in [3.8, 4) is 0 Å². The van der Waals surface area contributed by atoms with Crippen LogP contribution in [0, 0.1) is 0 Å². The van der Waals surface area contributed by atoms with Crippen LogP contribution in [-0.4, -0.2) is 46.6 Å². The third kappa shape index (κ3) is 9.58. The molecule has 1 aromatic carbocycles. The summed E-state index contributed by atoms with van der Waals surface area (Å²) in [5.41, 5.74) is 2.57. The lowest BCUT2D eigenvalue weighted by Gasteiger charge is -2.07. The summed E-state index contributed by atoms with van der Waals surface area (Å²) < 4.78 is 16.0. The van der Waals surface area contributed by atoms with Crippen molar-refractivity contribution in [3.05, 3.63) is 35.4 Å². The van der Waals surface area contributed by atoms with Crippen LogP contribution in [0.4, 0.5) is 0 Å². The lowest BCUT2D eigenvalue weighted by molar-refractivity contribution is 0.0337. The van der Waals surface area contributed by atoms with Gasteiger partial charge in [-0.3, -0.25) is 0 Å². The lowest BCUT2D eigenvalue weighted by atomic mass is 10.1. The number of rotatable bonds is 13. The van der Waals surface area contributed by atoms with E-state index >= 15 is 0 Å². The second-order valence-corrected chi connectivity index (χ2v) is 4.93. The van der Waals surface area contributed by atoms with Crippen molar-refractivity contribution >= 4 is 0 Å². The SMILES string of the molecule is CCNCCc1ccc(COCCOCCCOC)cc1. The van der Waals surface area contributed by atoms with Crippen LogP contribution in [0.25, 0.3) is 0 Å². The number of ether oxygens (including phenoxy) is 3. The average Bonchev–Trinajstić information content (AvgIpc) is 2.52. The Morgan fingerprint density at radius 1 is 0.905 bits per heavy atom. The number of likely N-dealkylation sites (N-methyl/N-ethyl adjacent to an activating group) is 1. The van der Waals surface area contributed by atoms with Crippen LogP contribution >= 0.6 is 0 Å². The van der Waals surface area contributed by atoms with Gasteiger partial charge in [0.2, 0.25) is 0 Å². The van der Waals surface area contributed by atoms with Crippen LogP contribution in [0.3, 0.4) is 0 Å². The molecule has 1 aromatic rings. The molecule has 1 N–H and O–H groups in total. The third-order valence-electron chi connectivity index (χ3n) is 3.14. The van der Waals surface area contributed by atoms with E-state index in [4.69, 9.17) is 14.2 Å². The predicted molar refractivity (Wildman–Crippen MR) is 85.7 cm³/mol. The van der Waals surface area contributed by atoms with Crippen molar-refractivity contribution in [1.29, 1.82) is 0 Å². The quantitative estimate of drug-likeness (QED) is 0.567. The summed E-state index contributed by atoms with van der Waals surface area (Å²) in [6.45, 7) is 7.60. The van der Waals surface area contributed by atoms with Gasteiger partial charge in [-0.1, -0.05) is 31.2 Å². The first-order valence-corrected chi connectivity index (χ1v) is 7.79. The molecule has 120 valence electrons. The first-order valence-electron chi connectivity index (χ1n) is 7.79. The summed E-state index contributed by atoms with van der Waals surface area (Å²) in [6, 6.07) is 8.63. The van der Waals surface area contributed by atoms with E-state index in [1.807, 2.05) is 0 Å². The number of benzene rings is 1. The standard InChI is InChI=1S/C17H29NO3/c1-3-18-10-9-16-5-7-17(8-6-16)15-21-14-13-20-12-4-11-19-2/h5-8,18H,3-4,9-15H2,1-2H3. The van der Waals surface area contributed by atoms with Gasteiger partial charge < -0.3 is 19.5 Å². The molecule has 0 saturated heterocycles. The van der Waals surface area contributed by atoms with Crippen molar-refractivity contribution in [2.75, 3.05) is 46.6 Å². The zero-order chi connectivity index (χ0) is 15.2. The van der Waals surface area contributed by atoms with Crippen molar-refractivity contribution in [3.63, 3.8) is 0 Å². The maximum Gasteiger partial charge on any atom is 0.0718 e. The van der Waals surface area contributed by atoms with Gasteiger partial charge in [-0.2, -0.15) is 0 Å². The average molecular weight is 295 g/mol. The molecule has 0 radical (unpaired) electrons. The Kier molecular flexibility index (Phi) is 11.0. The molecule has 0 spiro atoms. The van der Waals surface area contributed by atoms with Gasteiger partial charge >= 0.3 is 0 Å². The fourth-order valence-corrected chi connectivity index (χ4v) is 1.93. The summed E-state index contributed by atoms with van der Waals surface area (Å²) in [4.78, 5) is 0. The van der Waals surface area contributed by atoms with Crippen molar-refractivity contribution < 1.29 is 14.2 Å². The highest BCUT2D eigenvalue weighted by molar-refractivity contribution is 5.22. The van der Waals surface area contributed by atoms with Gasteiger partial charge in [-0.15, -0.1) is 0 Å². The van der Waals surface area contributed by atoms with E-state index in [2.05, 4.69) is 36.5 Å². The molecule has 0 unspecified atom stereocenters. The predicted octanol–water partition coefficient (Wildman–Crippen LogP) is 2.41. The first-order chi connectivity index (χ1) is 10.4. The molecule has 0 aliphatic carbocycles. The fourth-order valence-electron chi connectivity index (χ4n) is 1.93. The molecule has 0 bridgehead atoms. The number of hydrogen-bond acceptors (Lipinski definition) is 4. The molecule has 4 heteroatoms. The zero-order valence-electron chi connectivity index (χ0n) is 13.4. The smallest absolute Gasteiger partial charge is 0.0718 e. The van der Waals surface area contributed by atoms with Crippen LogP contribution < -0.4 is 5.32 Å². The molecule has 1 rings (SSSR count). The largest absolute Gasteiger partial charge is 0.385 e. The molecule has 4 nitrogen and oxygen atoms in total. The van der Waals surface area contributed by atoms with E-state index in [-0.39, 0.29) is 0 Å². The highest BCUT2D eigenvalue weighted by atomic mass is 16.5. The van der Waals surface area contributed by atoms with E-state index in [1.165, 1.54) is 11.1 Å². The van der Waals surface area contributed by atoms with Crippen LogP contribution in [0.15, 0.2) is 24.3 Å². The van der Waals surface area contributed by atoms with E-state index in [0.717, 1.165) is 39.1 Å². The van der Waals surface area contributed by atoms with Crippen molar-refractivity contribution in [2.45, 2.75) is 26.4 Å². The van der Waals surface area contributed by atoms with Crippen LogP contribution in [-0.2, 0) is 27.2 Å². The summed E-state index contributed by atoms with van der Waals surface area (Å²) in [5.74, 6) is 0. The Morgan fingerprint density at radius 2 is 1.62 bits per heavy atom. The third-order valence-corrected chi connectivity index (χ3v) is 3.14. The maximum absolute atomic E-state index is 5.60. The summed E-state index contributed by atoms with van der Waals surface area (Å²) in [7, 11) is 1.70. The van der Waals surface area contributed by atoms with Crippen LogP contribution in [0.2, 0.25) is 0 Å². The molecule has 0 amide bonds. The maximum atomic E-state index is 5.60. The van der Waals surface area contributed by atoms with Gasteiger partial charge in [0, 0.05) is 20.3 Å². The molecule has 0 aliphatic heterocycles. The normalized spacial score (nSPS) is 11.0. The molecular weight excluding hydrogens is 266 g/mol. The Labute approximate surface area is 128 Å². The van der Waals surface area contributed by atoms with E-state index in [0.29, 0.717) is 19.8 Å². The Balaban J connectivity index is 2.04. The van der Waals surface area contributed by atoms with Gasteiger partial charge in [0.15, 0.2) is 0 Å². The Morgan fingerprint density at radius 3 is 2.33 bits per heavy atom. The number of hydrogen-bond donors (Lipinski definition) is 1. The first kappa shape index (κ1) is 18.1. The lowest BCUT2D eigenvalue weighted by Crippen LogP contribution is -2.15. The van der Waals surface area contributed by atoms with E-state index < -0.39 is 0 Å². The van der Waals surface area contributed by atoms with Gasteiger partial charge in [-0.25, -0.2) is 0 Å². The van der Waals surface area contributed by atoms with Gasteiger partial charge in [0.05, 0.1) is 19.8 Å². The van der Waals surface area contributed by atoms with Crippen molar-refractivity contribution in [1.82, 2.24) is 5.32 Å². The number of nitrogens with one attached hydrogen (secondary N) is 1. The van der Waals surface area contributed by atoms with E-state index in [9.17, 15) is 0 Å². The molecule has 0 aromatic heterocycles. The summed E-state index contributed by atoms with van der Waals surface area (Å²) in [6.07, 6.45) is 2.01. The molecular formula is C17H29NO3. The summed E-state index contributed by atoms with van der Waals surface area (Å²) >= 11 is 0. The minimum atomic E-state index is 0.634. The van der Waals surface area contributed by atoms with Crippen LogP contribution in [0.5, 0.6) is 0 Å². The number of methoxy groups -OCH3 is 1. The minimum absolute atomic E-state index is 0.634. The second kappa shape index (κ2) is 12.8. The zero-order valence-corrected chi connectivity index (χ0v) is 13.4. The highest BCUT2D eigenvalue weighted by Crippen LogP contribution is 2.06. The molecule has 0 saturated carbocycles. The van der Waals surface area contributed by atoms with Gasteiger partial charge in [0.25, 0.3) is 0 Å². The van der Waals surface area contributed by atoms with E-state index in [1.54, 1.807) is 7.11 Å². The minimum Gasteiger partial charge on any atom is -0.385 e. The monoisotopic (exact) mass is 295 g/mol. The molecule has 0 heterocycles. The fraction of sp³-hybridized carbons (Fsp3) is 0.647. The molecule has 0 fully saturated rings. The second-order valence-electron chi connectivity index (χ2n) is 4.93. The summed E-state index contributed by atoms with van der Waals surface area (Å²) in [5, 5.41) is 3.33.